The van der Waals surface area contributed by atoms with E-state index < -0.39 is 11.7 Å². The maximum Gasteiger partial charge on any atom is 0.416 e. The molecule has 1 aromatic carbocycles. The summed E-state index contributed by atoms with van der Waals surface area (Å²) in [5.41, 5.74) is -0.667. The Hall–Kier alpha value is -2.11. The van der Waals surface area contributed by atoms with Crippen molar-refractivity contribution in [2.24, 2.45) is 0 Å². The van der Waals surface area contributed by atoms with Crippen LogP contribution in [0, 0.1) is 0 Å². The number of alkyl halides is 3. The Labute approximate surface area is 100 Å². The van der Waals surface area contributed by atoms with Crippen molar-refractivity contribution in [1.82, 2.24) is 4.98 Å². The molecule has 0 aliphatic rings. The summed E-state index contributed by atoms with van der Waals surface area (Å²) in [7, 11) is 0. The number of oxazole rings is 1. The number of halogens is 3. The second-order valence-electron chi connectivity index (χ2n) is 3.61. The van der Waals surface area contributed by atoms with Gasteiger partial charge in [-0.05, 0) is 11.6 Å². The van der Waals surface area contributed by atoms with Crippen LogP contribution < -0.4 is 0 Å². The Kier molecular flexibility index (Phi) is 3.18. The second kappa shape index (κ2) is 4.64. The van der Waals surface area contributed by atoms with Gasteiger partial charge in [-0.1, -0.05) is 18.2 Å². The maximum absolute atomic E-state index is 12.7. The van der Waals surface area contributed by atoms with Gasteiger partial charge >= 0.3 is 6.18 Å². The summed E-state index contributed by atoms with van der Waals surface area (Å²) in [6, 6.07) is 5.18. The quantitative estimate of drug-likeness (QED) is 0.791. The molecule has 0 aliphatic heterocycles. The van der Waals surface area contributed by atoms with E-state index in [0.29, 0.717) is 6.29 Å². The van der Waals surface area contributed by atoms with Gasteiger partial charge in [0.1, 0.15) is 0 Å². The van der Waals surface area contributed by atoms with Crippen molar-refractivity contribution < 1.29 is 22.4 Å². The smallest absolute Gasteiger partial charge is 0.416 e. The van der Waals surface area contributed by atoms with Crippen LogP contribution >= 0.6 is 0 Å². The maximum atomic E-state index is 12.7. The number of aldehydes is 1. The number of aromatic nitrogens is 1. The minimum Gasteiger partial charge on any atom is -0.438 e. The number of nitrogens with zero attached hydrogens (tertiary/aromatic N) is 1. The van der Waals surface area contributed by atoms with Gasteiger partial charge in [0.2, 0.25) is 0 Å². The number of carbonyl (C=O) groups is 1. The molecule has 0 amide bonds. The lowest BCUT2D eigenvalue weighted by Gasteiger charge is -2.10. The molecule has 18 heavy (non-hydrogen) atoms. The van der Waals surface area contributed by atoms with Gasteiger partial charge in [-0.3, -0.25) is 4.79 Å². The van der Waals surface area contributed by atoms with Gasteiger partial charge in [0.25, 0.3) is 0 Å². The zero-order chi connectivity index (χ0) is 13.2. The van der Waals surface area contributed by atoms with Crippen molar-refractivity contribution in [3.8, 4) is 0 Å². The third-order valence-corrected chi connectivity index (χ3v) is 2.35. The summed E-state index contributed by atoms with van der Waals surface area (Å²) in [6.45, 7) is 0. The van der Waals surface area contributed by atoms with Gasteiger partial charge in [-0.15, -0.1) is 0 Å². The normalized spacial score (nSPS) is 11.5. The van der Waals surface area contributed by atoms with Crippen LogP contribution in [0.2, 0.25) is 0 Å². The summed E-state index contributed by atoms with van der Waals surface area (Å²) in [6.07, 6.45) is -2.90. The Morgan fingerprint density at radius 3 is 2.61 bits per heavy atom. The fourth-order valence-electron chi connectivity index (χ4n) is 1.57. The van der Waals surface area contributed by atoms with Crippen LogP contribution in [0.3, 0.4) is 0 Å². The largest absolute Gasteiger partial charge is 0.438 e. The molecule has 3 nitrogen and oxygen atoms in total. The average Bonchev–Trinajstić information content (AvgIpc) is 2.76. The first-order chi connectivity index (χ1) is 8.50. The van der Waals surface area contributed by atoms with E-state index in [1.807, 2.05) is 0 Å². The number of hydrogen-bond donors (Lipinski definition) is 0. The highest BCUT2D eigenvalue weighted by Gasteiger charge is 2.33. The molecule has 0 radical (unpaired) electrons. The molecular weight excluding hydrogens is 247 g/mol. The molecule has 0 saturated carbocycles. The number of rotatable bonds is 3. The highest BCUT2D eigenvalue weighted by molar-refractivity contribution is 5.69. The zero-order valence-electron chi connectivity index (χ0n) is 9.07. The van der Waals surface area contributed by atoms with Gasteiger partial charge in [-0.25, -0.2) is 4.98 Å². The third kappa shape index (κ3) is 2.58. The average molecular weight is 255 g/mol. The van der Waals surface area contributed by atoms with Crippen molar-refractivity contribution in [2.75, 3.05) is 0 Å². The lowest BCUT2D eigenvalue weighted by molar-refractivity contribution is -0.138. The number of benzene rings is 1. The SMILES string of the molecule is O=Cc1cnc(Cc2ccccc2C(F)(F)F)o1. The summed E-state index contributed by atoms with van der Waals surface area (Å²) in [5, 5.41) is 0. The molecule has 0 unspecified atom stereocenters. The fourth-order valence-corrected chi connectivity index (χ4v) is 1.57. The molecule has 0 bridgehead atoms. The topological polar surface area (TPSA) is 43.1 Å². The van der Waals surface area contributed by atoms with Crippen LogP contribution in [0.5, 0.6) is 0 Å². The Bertz CT molecular complexity index is 560. The zero-order valence-corrected chi connectivity index (χ0v) is 9.07. The summed E-state index contributed by atoms with van der Waals surface area (Å²) in [5.74, 6) is 0.0725. The van der Waals surface area contributed by atoms with Crippen LogP contribution in [0.15, 0.2) is 34.9 Å². The van der Waals surface area contributed by atoms with Crippen LogP contribution in [0.4, 0.5) is 13.2 Å². The molecule has 0 spiro atoms. The number of hydrogen-bond acceptors (Lipinski definition) is 3. The minimum atomic E-state index is -4.42. The lowest BCUT2D eigenvalue weighted by Crippen LogP contribution is -2.09. The predicted octanol–water partition coefficient (Wildman–Crippen LogP) is 3.10. The first-order valence-electron chi connectivity index (χ1n) is 5.05. The van der Waals surface area contributed by atoms with Gasteiger partial charge in [0.15, 0.2) is 17.9 Å². The Balaban J connectivity index is 2.31. The van der Waals surface area contributed by atoms with Crippen molar-refractivity contribution in [3.05, 3.63) is 53.2 Å². The summed E-state index contributed by atoms with van der Waals surface area (Å²) >= 11 is 0. The van der Waals surface area contributed by atoms with Gasteiger partial charge in [-0.2, -0.15) is 13.2 Å². The van der Waals surface area contributed by atoms with Gasteiger partial charge in [0.05, 0.1) is 11.8 Å². The third-order valence-electron chi connectivity index (χ3n) is 2.35. The lowest BCUT2D eigenvalue weighted by atomic mass is 10.0. The molecule has 2 rings (SSSR count). The van der Waals surface area contributed by atoms with Crippen molar-refractivity contribution in [2.45, 2.75) is 12.6 Å². The second-order valence-corrected chi connectivity index (χ2v) is 3.61. The van der Waals surface area contributed by atoms with E-state index in [1.165, 1.54) is 24.4 Å². The molecule has 0 aliphatic carbocycles. The van der Waals surface area contributed by atoms with Crippen molar-refractivity contribution in [1.29, 1.82) is 0 Å². The molecule has 0 N–H and O–H groups in total. The standard InChI is InChI=1S/C12H8F3NO2/c13-12(14,15)10-4-2-1-3-8(10)5-11-16-6-9(7-17)18-11/h1-4,6-7H,5H2. The fraction of sp³-hybridized carbons (Fsp3) is 0.167. The van der Waals surface area contributed by atoms with E-state index in [4.69, 9.17) is 4.42 Å². The highest BCUT2D eigenvalue weighted by atomic mass is 19.4. The van der Waals surface area contributed by atoms with E-state index in [1.54, 1.807) is 0 Å². The molecule has 0 saturated heterocycles. The first-order valence-corrected chi connectivity index (χ1v) is 5.05. The Morgan fingerprint density at radius 2 is 2.00 bits per heavy atom. The van der Waals surface area contributed by atoms with Gasteiger partial charge < -0.3 is 4.42 Å². The van der Waals surface area contributed by atoms with Crippen LogP contribution in [-0.2, 0) is 12.6 Å². The summed E-state index contributed by atoms with van der Waals surface area (Å²) < 4.78 is 43.1. The van der Waals surface area contributed by atoms with E-state index in [0.717, 1.165) is 6.07 Å². The van der Waals surface area contributed by atoms with E-state index in [9.17, 15) is 18.0 Å². The highest BCUT2D eigenvalue weighted by Crippen LogP contribution is 2.32. The summed E-state index contributed by atoms with van der Waals surface area (Å²) in [4.78, 5) is 14.1. The molecule has 6 heteroatoms. The molecule has 94 valence electrons. The molecule has 1 aromatic heterocycles. The monoisotopic (exact) mass is 255 g/mol. The van der Waals surface area contributed by atoms with Gasteiger partial charge in [0, 0.05) is 6.42 Å². The molecule has 2 aromatic rings. The van der Waals surface area contributed by atoms with Crippen LogP contribution in [0.1, 0.15) is 27.6 Å². The molecule has 0 atom stereocenters. The molecule has 1 heterocycles. The van der Waals surface area contributed by atoms with Crippen LogP contribution in [-0.4, -0.2) is 11.3 Å². The predicted molar refractivity (Wildman–Crippen MR) is 56.1 cm³/mol. The molecular formula is C12H8F3NO2. The van der Waals surface area contributed by atoms with Crippen LogP contribution in [0.25, 0.3) is 0 Å². The molecule has 0 fully saturated rings. The Morgan fingerprint density at radius 1 is 1.28 bits per heavy atom. The van der Waals surface area contributed by atoms with Crippen molar-refractivity contribution in [3.63, 3.8) is 0 Å². The van der Waals surface area contributed by atoms with E-state index >= 15 is 0 Å². The van der Waals surface area contributed by atoms with Crippen molar-refractivity contribution >= 4 is 6.29 Å². The first kappa shape index (κ1) is 12.3. The van der Waals surface area contributed by atoms with E-state index in [2.05, 4.69) is 4.98 Å². The minimum absolute atomic E-state index is 0.00510. The number of carbonyl (C=O) groups excluding carboxylic acids is 1. The van der Waals surface area contributed by atoms with E-state index in [-0.39, 0.29) is 23.6 Å².